The van der Waals surface area contributed by atoms with Gasteiger partial charge in [-0.15, -0.1) is 5.10 Å². The van der Waals surface area contributed by atoms with E-state index in [1.807, 2.05) is 31.3 Å². The maximum absolute atomic E-state index is 6.14. The molecule has 0 unspecified atom stereocenters. The molecule has 2 rings (SSSR count). The summed E-state index contributed by atoms with van der Waals surface area (Å²) in [6.45, 7) is 2.81. The van der Waals surface area contributed by atoms with Crippen molar-refractivity contribution < 1.29 is 0 Å². The van der Waals surface area contributed by atoms with Crippen LogP contribution >= 0.6 is 11.6 Å². The molecule has 0 saturated heterocycles. The van der Waals surface area contributed by atoms with Crippen LogP contribution in [0.5, 0.6) is 0 Å². The van der Waals surface area contributed by atoms with Crippen LogP contribution in [0.1, 0.15) is 24.2 Å². The summed E-state index contributed by atoms with van der Waals surface area (Å²) in [4.78, 5) is 0. The normalized spacial score (nSPS) is 12.6. The number of nitrogens with zero attached hydrogens (tertiary/aromatic N) is 3. The van der Waals surface area contributed by atoms with Crippen LogP contribution in [-0.2, 0) is 13.6 Å². The molecule has 0 saturated carbocycles. The number of aryl methyl sites for hydroxylation is 1. The zero-order chi connectivity index (χ0) is 12.3. The lowest BCUT2D eigenvalue weighted by molar-refractivity contribution is 0.546. The van der Waals surface area contributed by atoms with E-state index in [0.717, 1.165) is 22.8 Å². The van der Waals surface area contributed by atoms with E-state index in [1.54, 1.807) is 10.9 Å². The molecule has 1 aromatic heterocycles. The molecule has 2 aromatic rings. The molecule has 4 nitrogen and oxygen atoms in total. The van der Waals surface area contributed by atoms with E-state index in [4.69, 9.17) is 11.6 Å². The van der Waals surface area contributed by atoms with Gasteiger partial charge in [0.15, 0.2) is 0 Å². The fourth-order valence-corrected chi connectivity index (χ4v) is 1.96. The predicted octanol–water partition coefficient (Wildman–Crippen LogP) is 2.32. The number of benzene rings is 1. The monoisotopic (exact) mass is 250 g/mol. The van der Waals surface area contributed by atoms with Crippen LogP contribution in [0.25, 0.3) is 0 Å². The van der Waals surface area contributed by atoms with Crippen molar-refractivity contribution in [2.45, 2.75) is 19.5 Å². The van der Waals surface area contributed by atoms with Crippen molar-refractivity contribution in [3.8, 4) is 0 Å². The number of hydrogen-bond donors (Lipinski definition) is 1. The first-order valence-electron chi connectivity index (χ1n) is 5.50. The van der Waals surface area contributed by atoms with Crippen molar-refractivity contribution in [2.75, 3.05) is 0 Å². The standard InChI is InChI=1S/C12H15ClN4/c1-9(11-5-3-4-6-12(11)13)14-7-10-8-15-16-17(10)2/h3-6,8-9,14H,7H2,1-2H3/t9-/m1/s1. The largest absolute Gasteiger partial charge is 0.304 e. The van der Waals surface area contributed by atoms with Gasteiger partial charge in [-0.1, -0.05) is 35.0 Å². The number of aromatic nitrogens is 3. The molecule has 17 heavy (non-hydrogen) atoms. The Balaban J connectivity index is 2.01. The van der Waals surface area contributed by atoms with E-state index in [0.29, 0.717) is 0 Å². The molecule has 0 aliphatic rings. The fraction of sp³-hybridized carbons (Fsp3) is 0.333. The van der Waals surface area contributed by atoms with Crippen molar-refractivity contribution in [1.29, 1.82) is 0 Å². The van der Waals surface area contributed by atoms with Gasteiger partial charge in [0.05, 0.1) is 11.9 Å². The van der Waals surface area contributed by atoms with Crippen molar-refractivity contribution in [1.82, 2.24) is 20.3 Å². The van der Waals surface area contributed by atoms with E-state index >= 15 is 0 Å². The highest BCUT2D eigenvalue weighted by molar-refractivity contribution is 6.31. The van der Waals surface area contributed by atoms with Crippen LogP contribution in [0.4, 0.5) is 0 Å². The van der Waals surface area contributed by atoms with Crippen molar-refractivity contribution in [3.63, 3.8) is 0 Å². The number of nitrogens with one attached hydrogen (secondary N) is 1. The second-order valence-electron chi connectivity index (χ2n) is 3.97. The summed E-state index contributed by atoms with van der Waals surface area (Å²) < 4.78 is 1.76. The first kappa shape index (κ1) is 12.1. The Labute approximate surface area is 106 Å². The first-order valence-corrected chi connectivity index (χ1v) is 5.87. The van der Waals surface area contributed by atoms with E-state index < -0.39 is 0 Å². The third kappa shape index (κ3) is 2.84. The molecule has 1 atom stereocenters. The SMILES string of the molecule is C[C@@H](NCc1cnnn1C)c1ccccc1Cl. The third-order valence-corrected chi connectivity index (χ3v) is 3.11. The van der Waals surface area contributed by atoms with E-state index in [2.05, 4.69) is 22.6 Å². The minimum Gasteiger partial charge on any atom is -0.304 e. The Hall–Kier alpha value is -1.39. The Morgan fingerprint density at radius 3 is 2.82 bits per heavy atom. The molecule has 0 aliphatic carbocycles. The summed E-state index contributed by atoms with van der Waals surface area (Å²) in [5, 5.41) is 11.9. The second-order valence-corrected chi connectivity index (χ2v) is 4.38. The van der Waals surface area contributed by atoms with Crippen LogP contribution in [0.3, 0.4) is 0 Å². The minimum atomic E-state index is 0.193. The van der Waals surface area contributed by atoms with Crippen LogP contribution in [0.2, 0.25) is 5.02 Å². The van der Waals surface area contributed by atoms with Crippen molar-refractivity contribution in [2.24, 2.45) is 7.05 Å². The zero-order valence-electron chi connectivity index (χ0n) is 9.89. The van der Waals surface area contributed by atoms with Gasteiger partial charge in [-0.25, -0.2) is 0 Å². The molecule has 0 amide bonds. The molecule has 1 aromatic carbocycles. The highest BCUT2D eigenvalue weighted by atomic mass is 35.5. The Kier molecular flexibility index (Phi) is 3.76. The summed E-state index contributed by atoms with van der Waals surface area (Å²) in [6.07, 6.45) is 1.76. The maximum Gasteiger partial charge on any atom is 0.0738 e. The van der Waals surface area contributed by atoms with Gasteiger partial charge in [0.1, 0.15) is 0 Å². The van der Waals surface area contributed by atoms with Gasteiger partial charge in [0, 0.05) is 24.7 Å². The lowest BCUT2D eigenvalue weighted by Gasteiger charge is -2.15. The Morgan fingerprint density at radius 2 is 2.18 bits per heavy atom. The van der Waals surface area contributed by atoms with E-state index in [1.165, 1.54) is 0 Å². The molecule has 1 heterocycles. The predicted molar refractivity (Wildman–Crippen MR) is 67.7 cm³/mol. The molecule has 0 radical (unpaired) electrons. The van der Waals surface area contributed by atoms with Crippen LogP contribution in [-0.4, -0.2) is 15.0 Å². The smallest absolute Gasteiger partial charge is 0.0738 e. The molecule has 0 fully saturated rings. The van der Waals surface area contributed by atoms with E-state index in [-0.39, 0.29) is 6.04 Å². The third-order valence-electron chi connectivity index (χ3n) is 2.77. The summed E-state index contributed by atoms with van der Waals surface area (Å²) in [5.41, 5.74) is 2.15. The topological polar surface area (TPSA) is 42.7 Å². The summed E-state index contributed by atoms with van der Waals surface area (Å²) in [6, 6.07) is 8.05. The molecular formula is C12H15ClN4. The van der Waals surface area contributed by atoms with Crippen LogP contribution < -0.4 is 5.32 Å². The van der Waals surface area contributed by atoms with Gasteiger partial charge in [-0.3, -0.25) is 4.68 Å². The van der Waals surface area contributed by atoms with Gasteiger partial charge < -0.3 is 5.32 Å². The number of rotatable bonds is 4. The van der Waals surface area contributed by atoms with Gasteiger partial charge in [-0.05, 0) is 18.6 Å². The summed E-state index contributed by atoms with van der Waals surface area (Å²) in [5.74, 6) is 0. The highest BCUT2D eigenvalue weighted by Gasteiger charge is 2.09. The molecule has 90 valence electrons. The average molecular weight is 251 g/mol. The molecular weight excluding hydrogens is 236 g/mol. The van der Waals surface area contributed by atoms with E-state index in [9.17, 15) is 0 Å². The van der Waals surface area contributed by atoms with Gasteiger partial charge in [-0.2, -0.15) is 0 Å². The molecule has 5 heteroatoms. The summed E-state index contributed by atoms with van der Waals surface area (Å²) in [7, 11) is 1.88. The fourth-order valence-electron chi connectivity index (χ4n) is 1.66. The zero-order valence-corrected chi connectivity index (χ0v) is 10.6. The summed E-state index contributed by atoms with van der Waals surface area (Å²) >= 11 is 6.14. The van der Waals surface area contributed by atoms with Crippen LogP contribution in [0, 0.1) is 0 Å². The van der Waals surface area contributed by atoms with Gasteiger partial charge >= 0.3 is 0 Å². The number of hydrogen-bond acceptors (Lipinski definition) is 3. The Morgan fingerprint density at radius 1 is 1.41 bits per heavy atom. The lowest BCUT2D eigenvalue weighted by atomic mass is 10.1. The first-order chi connectivity index (χ1) is 8.18. The average Bonchev–Trinajstić information content (AvgIpc) is 2.72. The van der Waals surface area contributed by atoms with Crippen molar-refractivity contribution in [3.05, 3.63) is 46.7 Å². The Bertz CT molecular complexity index is 495. The molecule has 0 spiro atoms. The molecule has 1 N–H and O–H groups in total. The molecule has 0 bridgehead atoms. The number of halogens is 1. The minimum absolute atomic E-state index is 0.193. The maximum atomic E-state index is 6.14. The highest BCUT2D eigenvalue weighted by Crippen LogP contribution is 2.22. The quantitative estimate of drug-likeness (QED) is 0.906. The second kappa shape index (κ2) is 5.29. The van der Waals surface area contributed by atoms with Crippen LogP contribution in [0.15, 0.2) is 30.5 Å². The lowest BCUT2D eigenvalue weighted by Crippen LogP contribution is -2.20. The van der Waals surface area contributed by atoms with Crippen molar-refractivity contribution >= 4 is 11.6 Å². The van der Waals surface area contributed by atoms with Gasteiger partial charge in [0.2, 0.25) is 0 Å². The van der Waals surface area contributed by atoms with Gasteiger partial charge in [0.25, 0.3) is 0 Å². The molecule has 0 aliphatic heterocycles.